The van der Waals surface area contributed by atoms with Crippen molar-refractivity contribution in [2.45, 2.75) is 39.2 Å². The predicted molar refractivity (Wildman–Crippen MR) is 62.2 cm³/mol. The summed E-state index contributed by atoms with van der Waals surface area (Å²) in [4.78, 5) is 0. The van der Waals surface area contributed by atoms with Crippen LogP contribution in [0.3, 0.4) is 0 Å². The Bertz CT molecular complexity index is 282. The highest BCUT2D eigenvalue weighted by atomic mass is 16.5. The fourth-order valence-electron chi connectivity index (χ4n) is 1.44. The molecule has 0 saturated heterocycles. The highest BCUT2D eigenvalue weighted by molar-refractivity contribution is 5.31. The third kappa shape index (κ3) is 4.84. The first-order valence-corrected chi connectivity index (χ1v) is 5.56. The Labute approximate surface area is 91.9 Å². The van der Waals surface area contributed by atoms with Crippen LogP contribution in [0.5, 0.6) is 5.75 Å². The van der Waals surface area contributed by atoms with E-state index in [0.29, 0.717) is 0 Å². The number of aliphatic hydroxyl groups is 1. The van der Waals surface area contributed by atoms with E-state index in [2.05, 4.69) is 0 Å². The van der Waals surface area contributed by atoms with E-state index in [1.165, 1.54) is 5.56 Å². The third-order valence-corrected chi connectivity index (χ3v) is 2.37. The molecule has 0 heterocycles. The lowest BCUT2D eigenvalue weighted by molar-refractivity contribution is 0.177. The second-order valence-corrected chi connectivity index (χ2v) is 3.96. The molecule has 1 rings (SSSR count). The first kappa shape index (κ1) is 12.1. The molecule has 1 atom stereocenters. The van der Waals surface area contributed by atoms with Gasteiger partial charge in [-0.3, -0.25) is 0 Å². The van der Waals surface area contributed by atoms with Crippen LogP contribution in [-0.4, -0.2) is 17.8 Å². The average Bonchev–Trinajstić information content (AvgIpc) is 2.20. The fourth-order valence-corrected chi connectivity index (χ4v) is 1.44. The van der Waals surface area contributed by atoms with Gasteiger partial charge in [-0.2, -0.15) is 0 Å². The Hall–Kier alpha value is -1.02. The van der Waals surface area contributed by atoms with Gasteiger partial charge in [-0.1, -0.05) is 18.2 Å². The van der Waals surface area contributed by atoms with Gasteiger partial charge in [-0.15, -0.1) is 0 Å². The van der Waals surface area contributed by atoms with Crippen LogP contribution < -0.4 is 4.74 Å². The molecular formula is C13H20O2. The Morgan fingerprint density at radius 2 is 2.00 bits per heavy atom. The van der Waals surface area contributed by atoms with Crippen molar-refractivity contribution in [3.8, 4) is 5.75 Å². The van der Waals surface area contributed by atoms with Crippen molar-refractivity contribution < 1.29 is 9.84 Å². The Kier molecular flexibility index (Phi) is 5.19. The summed E-state index contributed by atoms with van der Waals surface area (Å²) in [5.74, 6) is 0.967. The molecule has 0 aliphatic heterocycles. The second-order valence-electron chi connectivity index (χ2n) is 3.96. The van der Waals surface area contributed by atoms with Gasteiger partial charge in [0.25, 0.3) is 0 Å². The topological polar surface area (TPSA) is 29.5 Å². The number of benzene rings is 1. The molecule has 1 unspecified atom stereocenters. The van der Waals surface area contributed by atoms with Crippen LogP contribution in [0.1, 0.15) is 31.7 Å². The zero-order valence-electron chi connectivity index (χ0n) is 9.57. The lowest BCUT2D eigenvalue weighted by Gasteiger charge is -2.09. The zero-order valence-corrected chi connectivity index (χ0v) is 9.57. The molecule has 1 N–H and O–H groups in total. The Balaban J connectivity index is 2.18. The number of hydrogen-bond acceptors (Lipinski definition) is 2. The van der Waals surface area contributed by atoms with Crippen LogP contribution in [0.25, 0.3) is 0 Å². The fraction of sp³-hybridized carbons (Fsp3) is 0.538. The van der Waals surface area contributed by atoms with Crippen LogP contribution in [0.15, 0.2) is 24.3 Å². The Morgan fingerprint density at radius 3 is 2.67 bits per heavy atom. The summed E-state index contributed by atoms with van der Waals surface area (Å²) in [5, 5.41) is 9.07. The highest BCUT2D eigenvalue weighted by Crippen LogP contribution is 2.16. The molecule has 0 aromatic heterocycles. The van der Waals surface area contributed by atoms with Crippen molar-refractivity contribution >= 4 is 0 Å². The van der Waals surface area contributed by atoms with E-state index >= 15 is 0 Å². The number of aliphatic hydroxyl groups excluding tert-OH is 1. The van der Waals surface area contributed by atoms with E-state index in [4.69, 9.17) is 9.84 Å². The standard InChI is InChI=1S/C13H20O2/c1-11-7-3-4-9-13(11)15-10-6-5-8-12(2)14/h3-4,7,9,12,14H,5-6,8,10H2,1-2H3. The van der Waals surface area contributed by atoms with Crippen LogP contribution in [0, 0.1) is 6.92 Å². The lowest BCUT2D eigenvalue weighted by atomic mass is 10.2. The molecule has 0 aliphatic rings. The maximum atomic E-state index is 9.07. The van der Waals surface area contributed by atoms with Crippen molar-refractivity contribution in [1.82, 2.24) is 0 Å². The van der Waals surface area contributed by atoms with E-state index < -0.39 is 0 Å². The average molecular weight is 208 g/mol. The van der Waals surface area contributed by atoms with Gasteiger partial charge in [-0.05, 0) is 44.7 Å². The first-order chi connectivity index (χ1) is 7.20. The van der Waals surface area contributed by atoms with Gasteiger partial charge in [0, 0.05) is 0 Å². The monoisotopic (exact) mass is 208 g/mol. The summed E-state index contributed by atoms with van der Waals surface area (Å²) in [7, 11) is 0. The van der Waals surface area contributed by atoms with E-state index in [9.17, 15) is 0 Å². The molecule has 1 aromatic carbocycles. The molecule has 0 radical (unpaired) electrons. The molecule has 2 nitrogen and oxygen atoms in total. The minimum absolute atomic E-state index is 0.191. The summed E-state index contributed by atoms with van der Waals surface area (Å²) in [6, 6.07) is 8.03. The molecule has 1 aromatic rings. The molecule has 15 heavy (non-hydrogen) atoms. The molecule has 0 spiro atoms. The lowest BCUT2D eigenvalue weighted by Crippen LogP contribution is -2.02. The predicted octanol–water partition coefficient (Wildman–Crippen LogP) is 2.92. The van der Waals surface area contributed by atoms with Crippen LogP contribution in [0.4, 0.5) is 0 Å². The number of hydrogen-bond donors (Lipinski definition) is 1. The van der Waals surface area contributed by atoms with Gasteiger partial charge < -0.3 is 9.84 Å². The smallest absolute Gasteiger partial charge is 0.122 e. The van der Waals surface area contributed by atoms with Crippen LogP contribution >= 0.6 is 0 Å². The summed E-state index contributed by atoms with van der Waals surface area (Å²) in [6.45, 7) is 4.60. The van der Waals surface area contributed by atoms with Crippen molar-refractivity contribution in [2.24, 2.45) is 0 Å². The van der Waals surface area contributed by atoms with Crippen molar-refractivity contribution in [2.75, 3.05) is 6.61 Å². The summed E-state index contributed by atoms with van der Waals surface area (Å²) >= 11 is 0. The largest absolute Gasteiger partial charge is 0.493 e. The van der Waals surface area contributed by atoms with Crippen LogP contribution in [-0.2, 0) is 0 Å². The van der Waals surface area contributed by atoms with Crippen molar-refractivity contribution in [3.05, 3.63) is 29.8 Å². The normalized spacial score (nSPS) is 12.5. The van der Waals surface area contributed by atoms with E-state index in [0.717, 1.165) is 31.6 Å². The van der Waals surface area contributed by atoms with Gasteiger partial charge in [0.05, 0.1) is 12.7 Å². The van der Waals surface area contributed by atoms with E-state index in [1.54, 1.807) is 0 Å². The molecule has 0 saturated carbocycles. The quantitative estimate of drug-likeness (QED) is 0.728. The van der Waals surface area contributed by atoms with Crippen LogP contribution in [0.2, 0.25) is 0 Å². The molecule has 0 amide bonds. The molecule has 2 heteroatoms. The summed E-state index contributed by atoms with van der Waals surface area (Å²) in [5.41, 5.74) is 1.17. The maximum absolute atomic E-state index is 9.07. The van der Waals surface area contributed by atoms with Gasteiger partial charge in [0.1, 0.15) is 5.75 Å². The van der Waals surface area contributed by atoms with Crippen molar-refractivity contribution in [1.29, 1.82) is 0 Å². The molecule has 0 bridgehead atoms. The number of rotatable bonds is 6. The third-order valence-electron chi connectivity index (χ3n) is 2.37. The number of aryl methyl sites for hydroxylation is 1. The second kappa shape index (κ2) is 6.46. The van der Waals surface area contributed by atoms with Gasteiger partial charge in [-0.25, -0.2) is 0 Å². The molecule has 84 valence electrons. The molecular weight excluding hydrogens is 188 g/mol. The molecule has 0 fully saturated rings. The number of ether oxygens (including phenoxy) is 1. The van der Waals surface area contributed by atoms with E-state index in [-0.39, 0.29) is 6.10 Å². The number of para-hydroxylation sites is 1. The maximum Gasteiger partial charge on any atom is 0.122 e. The van der Waals surface area contributed by atoms with Crippen molar-refractivity contribution in [3.63, 3.8) is 0 Å². The summed E-state index contributed by atoms with van der Waals surface area (Å²) in [6.07, 6.45) is 2.68. The zero-order chi connectivity index (χ0) is 11.1. The van der Waals surface area contributed by atoms with Gasteiger partial charge in [0.15, 0.2) is 0 Å². The minimum atomic E-state index is -0.191. The SMILES string of the molecule is Cc1ccccc1OCCCCC(C)O. The van der Waals surface area contributed by atoms with E-state index in [1.807, 2.05) is 38.1 Å². The van der Waals surface area contributed by atoms with Gasteiger partial charge >= 0.3 is 0 Å². The van der Waals surface area contributed by atoms with Gasteiger partial charge in [0.2, 0.25) is 0 Å². The first-order valence-electron chi connectivity index (χ1n) is 5.56. The number of unbranched alkanes of at least 4 members (excludes halogenated alkanes) is 1. The molecule has 0 aliphatic carbocycles. The summed E-state index contributed by atoms with van der Waals surface area (Å²) < 4.78 is 5.64. The minimum Gasteiger partial charge on any atom is -0.493 e. The Morgan fingerprint density at radius 1 is 1.27 bits per heavy atom. The highest BCUT2D eigenvalue weighted by Gasteiger charge is 1.98.